The number of aromatic hydroxyl groups is 1. The summed E-state index contributed by atoms with van der Waals surface area (Å²) in [6, 6.07) is 11.3. The number of likely N-dealkylation sites (N-methyl/N-ethyl adjacent to an activating group) is 1. The van der Waals surface area contributed by atoms with Crippen LogP contribution in [0.3, 0.4) is 0 Å². The number of nitrogens with zero attached hydrogens (tertiary/aromatic N) is 4. The first-order valence-electron chi connectivity index (χ1n) is 14.3. The fourth-order valence-corrected chi connectivity index (χ4v) is 7.39. The number of ether oxygens (including phenoxy) is 1. The van der Waals surface area contributed by atoms with Gasteiger partial charge in [-0.1, -0.05) is 41.8 Å². The zero-order valence-electron chi connectivity index (χ0n) is 22.8. The molecule has 7 nitrogen and oxygen atoms in total. The molecule has 3 fully saturated rings. The fraction of sp³-hybridized carbons (Fsp3) is 0.419. The molecule has 0 spiro atoms. The Morgan fingerprint density at radius 3 is 2.61 bits per heavy atom. The number of anilines is 1. The number of halogens is 3. The van der Waals surface area contributed by atoms with Gasteiger partial charge in [0.1, 0.15) is 23.7 Å². The standard InChI is InChI=1S/C31H32Cl2FN5O2/c1-38-10-4-8-20(38)16-41-31-36-29-23(30(37-31)39-14-18-6-3-7-19(15-39)35-18)13-25(33)27(28(29)34)22-12-21(40)11-17-5-2-9-24(32)26(17)22/h2,5,9,11-13,18-20,35,40H,3-4,6-8,10,14-16H2,1H3/t18?,19?,20-/m0/s1. The number of phenols is 1. The summed E-state index contributed by atoms with van der Waals surface area (Å²) in [4.78, 5) is 14.0. The first kappa shape index (κ1) is 27.0. The van der Waals surface area contributed by atoms with Gasteiger partial charge in [-0.2, -0.15) is 9.97 Å². The first-order valence-corrected chi connectivity index (χ1v) is 15.1. The topological polar surface area (TPSA) is 73.8 Å². The molecule has 0 saturated carbocycles. The van der Waals surface area contributed by atoms with Crippen LogP contribution in [0.25, 0.3) is 32.8 Å². The lowest BCUT2D eigenvalue weighted by molar-refractivity contribution is 0.188. The smallest absolute Gasteiger partial charge is 0.319 e. The fourth-order valence-electron chi connectivity index (χ4n) is 6.81. The minimum Gasteiger partial charge on any atom is -0.508 e. The number of piperazine rings is 1. The zero-order chi connectivity index (χ0) is 28.2. The van der Waals surface area contributed by atoms with Crippen LogP contribution in [-0.2, 0) is 0 Å². The van der Waals surface area contributed by atoms with Crippen LogP contribution in [-0.4, -0.2) is 71.4 Å². The van der Waals surface area contributed by atoms with Crippen molar-refractivity contribution in [3.05, 3.63) is 52.3 Å². The summed E-state index contributed by atoms with van der Waals surface area (Å²) >= 11 is 13.5. The lowest BCUT2D eigenvalue weighted by atomic mass is 9.93. The second-order valence-corrected chi connectivity index (χ2v) is 12.4. The van der Waals surface area contributed by atoms with Gasteiger partial charge in [-0.3, -0.25) is 0 Å². The lowest BCUT2D eigenvalue weighted by Gasteiger charge is -2.43. The summed E-state index contributed by atoms with van der Waals surface area (Å²) < 4.78 is 22.9. The van der Waals surface area contributed by atoms with Crippen LogP contribution < -0.4 is 15.0 Å². The summed E-state index contributed by atoms with van der Waals surface area (Å²) in [5, 5.41) is 16.7. The van der Waals surface area contributed by atoms with E-state index < -0.39 is 5.82 Å². The van der Waals surface area contributed by atoms with Gasteiger partial charge in [0.25, 0.3) is 0 Å². The third kappa shape index (κ3) is 4.95. The summed E-state index contributed by atoms with van der Waals surface area (Å²) in [6.45, 7) is 2.99. The predicted molar refractivity (Wildman–Crippen MR) is 162 cm³/mol. The number of fused-ring (bicyclic) bond motifs is 4. The molecule has 3 aromatic carbocycles. The van der Waals surface area contributed by atoms with Gasteiger partial charge in [0, 0.05) is 52.6 Å². The molecular formula is C31H32Cl2FN5O2. The maximum Gasteiger partial charge on any atom is 0.319 e. The monoisotopic (exact) mass is 595 g/mol. The van der Waals surface area contributed by atoms with Crippen molar-refractivity contribution in [1.29, 1.82) is 0 Å². The Balaban J connectivity index is 1.40. The molecule has 3 atom stereocenters. The summed E-state index contributed by atoms with van der Waals surface area (Å²) in [5.74, 6) is 0.0289. The van der Waals surface area contributed by atoms with Gasteiger partial charge in [0.15, 0.2) is 5.82 Å². The van der Waals surface area contributed by atoms with Crippen molar-refractivity contribution in [2.45, 2.75) is 50.2 Å². The molecule has 4 aromatic rings. The van der Waals surface area contributed by atoms with Crippen molar-refractivity contribution < 1.29 is 14.2 Å². The van der Waals surface area contributed by atoms with Gasteiger partial charge in [-0.05, 0) is 74.5 Å². The Kier molecular flexibility index (Phi) is 7.06. The number of phenolic OH excluding ortho intramolecular Hbond substituents is 1. The molecule has 3 saturated heterocycles. The largest absolute Gasteiger partial charge is 0.508 e. The van der Waals surface area contributed by atoms with Crippen molar-refractivity contribution in [3.63, 3.8) is 0 Å². The van der Waals surface area contributed by atoms with E-state index in [0.29, 0.717) is 51.3 Å². The molecule has 41 heavy (non-hydrogen) atoms. The normalized spacial score (nSPS) is 23.0. The number of nitrogens with one attached hydrogen (secondary N) is 1. The van der Waals surface area contributed by atoms with E-state index in [1.807, 2.05) is 6.07 Å². The maximum atomic E-state index is 16.8. The van der Waals surface area contributed by atoms with Gasteiger partial charge >= 0.3 is 6.01 Å². The number of benzene rings is 3. The van der Waals surface area contributed by atoms with Gasteiger partial charge in [-0.25, -0.2) is 4.39 Å². The Labute approximate surface area is 248 Å². The van der Waals surface area contributed by atoms with Gasteiger partial charge in [-0.15, -0.1) is 0 Å². The number of piperidine rings is 1. The van der Waals surface area contributed by atoms with E-state index in [9.17, 15) is 5.11 Å². The second kappa shape index (κ2) is 10.7. The average molecular weight is 597 g/mol. The Hall–Kier alpha value is -2.91. The van der Waals surface area contributed by atoms with E-state index in [0.717, 1.165) is 45.3 Å². The summed E-state index contributed by atoms with van der Waals surface area (Å²) in [6.07, 6.45) is 5.55. The quantitative estimate of drug-likeness (QED) is 0.276. The highest BCUT2D eigenvalue weighted by Gasteiger charge is 2.33. The molecule has 2 bridgehead atoms. The van der Waals surface area contributed by atoms with Crippen molar-refractivity contribution in [2.24, 2.45) is 0 Å². The maximum absolute atomic E-state index is 16.8. The molecule has 0 radical (unpaired) electrons. The highest BCUT2D eigenvalue weighted by Crippen LogP contribution is 2.44. The SMILES string of the molecule is CN1CCC[C@H]1COc1nc(N2CC3CCCC(C2)N3)c2cc(Cl)c(-c3cc(O)cc4cccc(Cl)c34)c(F)c2n1. The van der Waals surface area contributed by atoms with Crippen molar-refractivity contribution in [2.75, 3.05) is 38.2 Å². The summed E-state index contributed by atoms with van der Waals surface area (Å²) in [7, 11) is 2.09. The number of likely N-dealkylation sites (tertiary alicyclic amines) is 1. The predicted octanol–water partition coefficient (Wildman–Crippen LogP) is 6.41. The van der Waals surface area contributed by atoms with Crippen LogP contribution in [0.1, 0.15) is 32.1 Å². The average Bonchev–Trinajstić information content (AvgIpc) is 3.35. The minimum absolute atomic E-state index is 0.00855. The zero-order valence-corrected chi connectivity index (χ0v) is 24.4. The van der Waals surface area contributed by atoms with Crippen LogP contribution in [0.15, 0.2) is 36.4 Å². The van der Waals surface area contributed by atoms with Gasteiger partial charge in [0.2, 0.25) is 0 Å². The highest BCUT2D eigenvalue weighted by molar-refractivity contribution is 6.38. The van der Waals surface area contributed by atoms with Crippen LogP contribution in [0.5, 0.6) is 11.8 Å². The Morgan fingerprint density at radius 1 is 1.05 bits per heavy atom. The van der Waals surface area contributed by atoms with E-state index in [1.165, 1.54) is 12.5 Å². The van der Waals surface area contributed by atoms with E-state index in [1.54, 1.807) is 24.3 Å². The van der Waals surface area contributed by atoms with E-state index in [2.05, 4.69) is 27.1 Å². The molecule has 3 aliphatic rings. The number of aromatic nitrogens is 2. The third-order valence-electron chi connectivity index (χ3n) is 8.86. The number of hydrogen-bond donors (Lipinski definition) is 2. The molecule has 214 valence electrons. The van der Waals surface area contributed by atoms with Crippen LogP contribution in [0, 0.1) is 5.82 Å². The molecule has 3 aliphatic heterocycles. The number of rotatable bonds is 5. The first-order chi connectivity index (χ1) is 19.9. The minimum atomic E-state index is -0.596. The van der Waals surface area contributed by atoms with Gasteiger partial charge < -0.3 is 25.0 Å². The van der Waals surface area contributed by atoms with Crippen molar-refractivity contribution >= 4 is 50.7 Å². The second-order valence-electron chi connectivity index (χ2n) is 11.6. The molecule has 4 heterocycles. The molecule has 1 aromatic heterocycles. The molecule has 2 N–H and O–H groups in total. The summed E-state index contributed by atoms with van der Waals surface area (Å²) in [5.41, 5.74) is 0.676. The molecule has 0 amide bonds. The number of hydrogen-bond acceptors (Lipinski definition) is 7. The molecule has 7 rings (SSSR count). The van der Waals surface area contributed by atoms with Crippen LogP contribution >= 0.6 is 23.2 Å². The highest BCUT2D eigenvalue weighted by atomic mass is 35.5. The Morgan fingerprint density at radius 2 is 1.85 bits per heavy atom. The third-order valence-corrected chi connectivity index (χ3v) is 9.47. The van der Waals surface area contributed by atoms with E-state index >= 15 is 4.39 Å². The molecule has 2 unspecified atom stereocenters. The van der Waals surface area contributed by atoms with E-state index in [-0.39, 0.29) is 33.9 Å². The van der Waals surface area contributed by atoms with Crippen LogP contribution in [0.4, 0.5) is 10.2 Å². The van der Waals surface area contributed by atoms with Crippen molar-refractivity contribution in [3.8, 4) is 22.9 Å². The van der Waals surface area contributed by atoms with Crippen molar-refractivity contribution in [1.82, 2.24) is 20.2 Å². The van der Waals surface area contributed by atoms with E-state index in [4.69, 9.17) is 32.9 Å². The molecule has 10 heteroatoms. The lowest BCUT2D eigenvalue weighted by Crippen LogP contribution is -2.59. The van der Waals surface area contributed by atoms with Gasteiger partial charge in [0.05, 0.1) is 5.02 Å². The molecular weight excluding hydrogens is 564 g/mol. The molecule has 0 aliphatic carbocycles. The Bertz CT molecular complexity index is 1640. The van der Waals surface area contributed by atoms with Crippen LogP contribution in [0.2, 0.25) is 10.0 Å².